The summed E-state index contributed by atoms with van der Waals surface area (Å²) in [6.45, 7) is 16.1. The standard InChI is InChI=1S/C28H48N6O2.3ClH/c1-7-8-13-33-26(35)25(18-20(2)3)29-27(36)28(33)11-16-32(17-12-28)19-24-21(4)30-34(22(24)5)23-9-14-31(6)15-10-23;;;/h20,23,25H,7-19H2,1-6H3,(H,29,36);3*1H/t25-;;;/m0.../s1. The van der Waals surface area contributed by atoms with Gasteiger partial charge in [-0.25, -0.2) is 0 Å². The fraction of sp³-hybridized carbons (Fsp3) is 0.821. The van der Waals surface area contributed by atoms with E-state index in [4.69, 9.17) is 5.10 Å². The number of aromatic nitrogens is 2. The number of nitrogens with one attached hydrogen (secondary N) is 1. The molecule has 1 aromatic rings. The first-order valence-electron chi connectivity index (χ1n) is 14.2. The minimum atomic E-state index is -0.696. The van der Waals surface area contributed by atoms with Gasteiger partial charge in [0.25, 0.3) is 0 Å². The van der Waals surface area contributed by atoms with E-state index in [1.165, 1.54) is 11.3 Å². The van der Waals surface area contributed by atoms with Gasteiger partial charge in [0.2, 0.25) is 11.8 Å². The van der Waals surface area contributed by atoms with E-state index in [0.717, 1.165) is 64.1 Å². The summed E-state index contributed by atoms with van der Waals surface area (Å²) in [5.41, 5.74) is 3.04. The van der Waals surface area contributed by atoms with Gasteiger partial charge in [-0.05, 0) is 78.4 Å². The number of piperazine rings is 1. The molecule has 3 saturated heterocycles. The predicted octanol–water partition coefficient (Wildman–Crippen LogP) is 4.54. The normalized spacial score (nSPS) is 22.3. The van der Waals surface area contributed by atoms with Crippen molar-refractivity contribution in [1.82, 2.24) is 29.8 Å². The highest BCUT2D eigenvalue weighted by atomic mass is 35.5. The third-order valence-corrected chi connectivity index (χ3v) is 8.82. The van der Waals surface area contributed by atoms with Crippen molar-refractivity contribution < 1.29 is 9.59 Å². The molecule has 1 N–H and O–H groups in total. The van der Waals surface area contributed by atoms with Gasteiger partial charge in [0, 0.05) is 37.4 Å². The number of carbonyl (C=O) groups excluding carboxylic acids is 2. The number of carbonyl (C=O) groups is 2. The van der Waals surface area contributed by atoms with Gasteiger partial charge in [0.05, 0.1) is 11.7 Å². The van der Waals surface area contributed by atoms with Crippen LogP contribution in [-0.4, -0.2) is 87.6 Å². The van der Waals surface area contributed by atoms with Crippen LogP contribution in [0.15, 0.2) is 0 Å². The molecule has 3 fully saturated rings. The quantitative estimate of drug-likeness (QED) is 0.469. The largest absolute Gasteiger partial charge is 0.342 e. The van der Waals surface area contributed by atoms with Crippen LogP contribution in [0.3, 0.4) is 0 Å². The van der Waals surface area contributed by atoms with Crippen LogP contribution in [-0.2, 0) is 16.1 Å². The third-order valence-electron chi connectivity index (χ3n) is 8.82. The molecule has 4 heterocycles. The van der Waals surface area contributed by atoms with Crippen molar-refractivity contribution in [3.63, 3.8) is 0 Å². The molecule has 1 aromatic heterocycles. The fourth-order valence-electron chi connectivity index (χ4n) is 6.47. The molecule has 2 amide bonds. The van der Waals surface area contributed by atoms with Crippen LogP contribution in [0, 0.1) is 19.8 Å². The minimum Gasteiger partial charge on any atom is -0.342 e. The molecular weight excluding hydrogens is 559 g/mol. The molecule has 11 heteroatoms. The topological polar surface area (TPSA) is 73.7 Å². The predicted molar refractivity (Wildman–Crippen MR) is 164 cm³/mol. The van der Waals surface area contributed by atoms with Gasteiger partial charge < -0.3 is 15.1 Å². The molecule has 39 heavy (non-hydrogen) atoms. The highest BCUT2D eigenvalue weighted by Gasteiger charge is 2.53. The Balaban J connectivity index is 0.00000253. The van der Waals surface area contributed by atoms with Gasteiger partial charge in [-0.15, -0.1) is 37.2 Å². The molecule has 8 nitrogen and oxygen atoms in total. The number of piperidine rings is 2. The molecule has 0 aromatic carbocycles. The van der Waals surface area contributed by atoms with Gasteiger partial charge in [-0.2, -0.15) is 5.10 Å². The number of amides is 2. The lowest BCUT2D eigenvalue weighted by molar-refractivity contribution is -0.161. The van der Waals surface area contributed by atoms with Crippen LogP contribution in [0.4, 0.5) is 0 Å². The Hall–Kier alpha value is -1.06. The lowest BCUT2D eigenvalue weighted by Crippen LogP contribution is -2.73. The van der Waals surface area contributed by atoms with Crippen molar-refractivity contribution in [1.29, 1.82) is 0 Å². The summed E-state index contributed by atoms with van der Waals surface area (Å²) in [6.07, 6.45) is 6.36. The average molecular weight is 610 g/mol. The summed E-state index contributed by atoms with van der Waals surface area (Å²) >= 11 is 0. The van der Waals surface area contributed by atoms with E-state index < -0.39 is 5.54 Å². The SMILES string of the molecule is CCCCN1C(=O)[C@H](CC(C)C)NC(=O)C12CCN(Cc1c(C)nn(C3CCN(C)CC3)c1C)CC2.Cl.Cl.Cl. The zero-order valence-electron chi connectivity index (χ0n) is 24.7. The lowest BCUT2D eigenvalue weighted by atomic mass is 9.80. The molecule has 226 valence electrons. The first-order valence-corrected chi connectivity index (χ1v) is 14.2. The van der Waals surface area contributed by atoms with Crippen molar-refractivity contribution in [2.45, 2.75) is 104 Å². The van der Waals surface area contributed by atoms with Crippen LogP contribution in [0.5, 0.6) is 0 Å². The monoisotopic (exact) mass is 608 g/mol. The average Bonchev–Trinajstić information content (AvgIpc) is 3.12. The van der Waals surface area contributed by atoms with Gasteiger partial charge >= 0.3 is 0 Å². The molecular formula is C28H51Cl3N6O2. The van der Waals surface area contributed by atoms with Gasteiger partial charge in [-0.1, -0.05) is 27.2 Å². The van der Waals surface area contributed by atoms with E-state index in [1.54, 1.807) is 0 Å². The molecule has 0 aliphatic carbocycles. The molecule has 0 saturated carbocycles. The molecule has 1 atom stereocenters. The number of nitrogens with zero attached hydrogens (tertiary/aromatic N) is 5. The van der Waals surface area contributed by atoms with Gasteiger partial charge in [0.15, 0.2) is 0 Å². The smallest absolute Gasteiger partial charge is 0.246 e. The van der Waals surface area contributed by atoms with E-state index >= 15 is 0 Å². The summed E-state index contributed by atoms with van der Waals surface area (Å²) in [7, 11) is 2.19. The maximum atomic E-state index is 13.5. The van der Waals surface area contributed by atoms with Crippen LogP contribution in [0.25, 0.3) is 0 Å². The van der Waals surface area contributed by atoms with Crippen molar-refractivity contribution >= 4 is 49.0 Å². The maximum Gasteiger partial charge on any atom is 0.246 e. The first kappa shape index (κ1) is 36.0. The molecule has 0 unspecified atom stereocenters. The van der Waals surface area contributed by atoms with Crippen molar-refractivity contribution in [3.05, 3.63) is 17.0 Å². The van der Waals surface area contributed by atoms with E-state index in [9.17, 15) is 9.59 Å². The molecule has 0 bridgehead atoms. The van der Waals surface area contributed by atoms with Gasteiger partial charge in [-0.3, -0.25) is 19.2 Å². The Morgan fingerprint density at radius 3 is 2.21 bits per heavy atom. The Labute approximate surface area is 254 Å². The Morgan fingerprint density at radius 1 is 1.03 bits per heavy atom. The van der Waals surface area contributed by atoms with Crippen molar-refractivity contribution in [2.24, 2.45) is 5.92 Å². The van der Waals surface area contributed by atoms with E-state index in [-0.39, 0.29) is 55.1 Å². The van der Waals surface area contributed by atoms with E-state index in [1.807, 2.05) is 4.90 Å². The third kappa shape index (κ3) is 7.62. The Bertz CT molecular complexity index is 940. The highest BCUT2D eigenvalue weighted by Crippen LogP contribution is 2.35. The second-order valence-corrected chi connectivity index (χ2v) is 11.9. The summed E-state index contributed by atoms with van der Waals surface area (Å²) in [6, 6.07) is 0.106. The van der Waals surface area contributed by atoms with Crippen LogP contribution >= 0.6 is 37.2 Å². The first-order chi connectivity index (χ1) is 17.2. The number of hydrogen-bond acceptors (Lipinski definition) is 5. The zero-order chi connectivity index (χ0) is 26.0. The second-order valence-electron chi connectivity index (χ2n) is 11.9. The van der Waals surface area contributed by atoms with Crippen LogP contribution in [0.1, 0.15) is 88.7 Å². The summed E-state index contributed by atoms with van der Waals surface area (Å²) in [4.78, 5) is 33.8. The number of unbranched alkanes of at least 4 members (excludes halogenated alkanes) is 1. The zero-order valence-corrected chi connectivity index (χ0v) is 27.2. The van der Waals surface area contributed by atoms with Crippen molar-refractivity contribution in [3.8, 4) is 0 Å². The summed E-state index contributed by atoms with van der Waals surface area (Å²) < 4.78 is 2.28. The fourth-order valence-corrected chi connectivity index (χ4v) is 6.47. The molecule has 1 spiro atoms. The Kier molecular flexibility index (Phi) is 14.1. The second kappa shape index (κ2) is 15.2. The minimum absolute atomic E-state index is 0. The molecule has 0 radical (unpaired) electrons. The number of aryl methyl sites for hydroxylation is 1. The molecule has 3 aliphatic heterocycles. The van der Waals surface area contributed by atoms with Crippen LogP contribution in [0.2, 0.25) is 0 Å². The lowest BCUT2D eigenvalue weighted by Gasteiger charge is -2.52. The maximum absolute atomic E-state index is 13.5. The highest BCUT2D eigenvalue weighted by molar-refractivity contribution is 6.00. The van der Waals surface area contributed by atoms with E-state index in [0.29, 0.717) is 37.8 Å². The van der Waals surface area contributed by atoms with Crippen molar-refractivity contribution in [2.75, 3.05) is 39.8 Å². The summed E-state index contributed by atoms with van der Waals surface area (Å²) in [5.74, 6) is 0.548. The van der Waals surface area contributed by atoms with Crippen LogP contribution < -0.4 is 5.32 Å². The number of likely N-dealkylation sites (tertiary alicyclic amines) is 2. The van der Waals surface area contributed by atoms with Gasteiger partial charge in [0.1, 0.15) is 11.6 Å². The number of halogens is 3. The number of rotatable bonds is 8. The summed E-state index contributed by atoms with van der Waals surface area (Å²) in [5, 5.41) is 8.09. The Morgan fingerprint density at radius 2 is 1.64 bits per heavy atom. The number of hydrogen-bond donors (Lipinski definition) is 1. The van der Waals surface area contributed by atoms with E-state index in [2.05, 4.69) is 61.5 Å². The molecule has 3 aliphatic rings. The molecule has 4 rings (SSSR count).